The Bertz CT molecular complexity index is 1260. The van der Waals surface area contributed by atoms with Crippen molar-refractivity contribution in [3.63, 3.8) is 0 Å². The van der Waals surface area contributed by atoms with Crippen LogP contribution in [-0.4, -0.2) is 12.8 Å². The second-order valence-corrected chi connectivity index (χ2v) is 9.62. The zero-order valence-corrected chi connectivity index (χ0v) is 20.2. The van der Waals surface area contributed by atoms with Gasteiger partial charge in [-0.3, -0.25) is 0 Å². The standard InChI is InChI=1S/C30H29F5O/c1-2-20-3-5-21(6-4-20)7-8-22-10-15-26-25(17-22)14-13-24(29(26)32)12-9-23-11-16-28(27(31)18-23)36-19-30(33,34)35/h10-11,13-18,20-21H,2-8,19H2,1H3. The minimum absolute atomic E-state index is 0.167. The summed E-state index contributed by atoms with van der Waals surface area (Å²) in [4.78, 5) is 0. The van der Waals surface area contributed by atoms with Gasteiger partial charge in [0.25, 0.3) is 0 Å². The third-order valence-electron chi connectivity index (χ3n) is 7.07. The highest BCUT2D eigenvalue weighted by Crippen LogP contribution is 2.33. The van der Waals surface area contributed by atoms with Crippen molar-refractivity contribution in [2.75, 3.05) is 6.61 Å². The van der Waals surface area contributed by atoms with Crippen molar-refractivity contribution in [1.82, 2.24) is 0 Å². The van der Waals surface area contributed by atoms with Crippen molar-refractivity contribution in [3.05, 3.63) is 76.9 Å². The molecule has 1 aliphatic rings. The van der Waals surface area contributed by atoms with Gasteiger partial charge in [0.1, 0.15) is 5.82 Å². The normalized spacial score (nSPS) is 18.1. The molecule has 0 saturated heterocycles. The van der Waals surface area contributed by atoms with Gasteiger partial charge >= 0.3 is 6.18 Å². The third-order valence-corrected chi connectivity index (χ3v) is 7.07. The molecule has 1 nitrogen and oxygen atoms in total. The Hall–Kier alpha value is -3.07. The molecule has 4 rings (SSSR count). The lowest BCUT2D eigenvalue weighted by Gasteiger charge is -2.27. The van der Waals surface area contributed by atoms with Crippen LogP contribution in [-0.2, 0) is 6.42 Å². The van der Waals surface area contributed by atoms with E-state index in [1.807, 2.05) is 18.2 Å². The van der Waals surface area contributed by atoms with Gasteiger partial charge in [-0.1, -0.05) is 75.1 Å². The van der Waals surface area contributed by atoms with E-state index >= 15 is 4.39 Å². The fourth-order valence-electron chi connectivity index (χ4n) is 4.89. The Morgan fingerprint density at radius 3 is 2.33 bits per heavy atom. The van der Waals surface area contributed by atoms with Crippen LogP contribution in [0.1, 0.15) is 62.1 Å². The number of hydrogen-bond acceptors (Lipinski definition) is 1. The van der Waals surface area contributed by atoms with Crippen molar-refractivity contribution in [1.29, 1.82) is 0 Å². The van der Waals surface area contributed by atoms with Gasteiger partial charge in [0.15, 0.2) is 18.2 Å². The Balaban J connectivity index is 1.42. The zero-order valence-electron chi connectivity index (χ0n) is 20.2. The summed E-state index contributed by atoms with van der Waals surface area (Å²) in [7, 11) is 0. The number of ether oxygens (including phenoxy) is 1. The number of hydrogen-bond donors (Lipinski definition) is 0. The second kappa shape index (κ2) is 11.3. The van der Waals surface area contributed by atoms with Gasteiger partial charge in [0.2, 0.25) is 0 Å². The van der Waals surface area contributed by atoms with Crippen LogP contribution in [0.25, 0.3) is 10.8 Å². The lowest BCUT2D eigenvalue weighted by Crippen LogP contribution is -2.19. The van der Waals surface area contributed by atoms with Crippen LogP contribution in [0.15, 0.2) is 48.5 Å². The molecule has 1 saturated carbocycles. The average molecular weight is 501 g/mol. The first kappa shape index (κ1) is 26.0. The predicted molar refractivity (Wildman–Crippen MR) is 132 cm³/mol. The summed E-state index contributed by atoms with van der Waals surface area (Å²) in [6.07, 6.45) is 4.12. The molecule has 0 amide bonds. The van der Waals surface area contributed by atoms with Crippen molar-refractivity contribution in [2.24, 2.45) is 11.8 Å². The summed E-state index contributed by atoms with van der Waals surface area (Å²) in [5.41, 5.74) is 1.57. The van der Waals surface area contributed by atoms with Gasteiger partial charge in [0.05, 0.1) is 5.56 Å². The Labute approximate surface area is 208 Å². The molecular weight excluding hydrogens is 471 g/mol. The highest BCUT2D eigenvalue weighted by molar-refractivity contribution is 5.85. The molecule has 0 aromatic heterocycles. The zero-order chi connectivity index (χ0) is 25.7. The number of rotatable bonds is 6. The molecule has 0 atom stereocenters. The van der Waals surface area contributed by atoms with Gasteiger partial charge in [-0.15, -0.1) is 0 Å². The first-order valence-electron chi connectivity index (χ1n) is 12.4. The monoisotopic (exact) mass is 500 g/mol. The fourth-order valence-corrected chi connectivity index (χ4v) is 4.89. The largest absolute Gasteiger partial charge is 0.481 e. The van der Waals surface area contributed by atoms with Crippen molar-refractivity contribution >= 4 is 10.8 Å². The number of halogens is 5. The molecule has 0 unspecified atom stereocenters. The van der Waals surface area contributed by atoms with E-state index in [0.717, 1.165) is 42.2 Å². The molecule has 0 heterocycles. The second-order valence-electron chi connectivity index (χ2n) is 9.62. The maximum atomic E-state index is 15.1. The molecule has 0 radical (unpaired) electrons. The Morgan fingerprint density at radius 1 is 0.889 bits per heavy atom. The molecule has 0 N–H and O–H groups in total. The van der Waals surface area contributed by atoms with E-state index in [0.29, 0.717) is 5.39 Å². The van der Waals surface area contributed by atoms with Crippen LogP contribution in [0.4, 0.5) is 22.0 Å². The molecule has 0 bridgehead atoms. The summed E-state index contributed by atoms with van der Waals surface area (Å²) in [5.74, 6) is 5.11. The van der Waals surface area contributed by atoms with Gasteiger partial charge in [-0.25, -0.2) is 8.78 Å². The predicted octanol–water partition coefficient (Wildman–Crippen LogP) is 8.61. The Morgan fingerprint density at radius 2 is 1.64 bits per heavy atom. The minimum atomic E-state index is -4.56. The molecule has 0 spiro atoms. The summed E-state index contributed by atoms with van der Waals surface area (Å²) in [6, 6.07) is 12.6. The number of fused-ring (bicyclic) bond motifs is 1. The fraction of sp³-hybridized carbons (Fsp3) is 0.400. The third kappa shape index (κ3) is 6.78. The van der Waals surface area contributed by atoms with Crippen molar-refractivity contribution in [3.8, 4) is 17.6 Å². The first-order chi connectivity index (χ1) is 17.2. The van der Waals surface area contributed by atoms with E-state index in [9.17, 15) is 17.6 Å². The van der Waals surface area contributed by atoms with E-state index in [1.165, 1.54) is 43.7 Å². The van der Waals surface area contributed by atoms with Gasteiger partial charge < -0.3 is 4.74 Å². The lowest BCUT2D eigenvalue weighted by molar-refractivity contribution is -0.153. The van der Waals surface area contributed by atoms with Crippen LogP contribution in [0, 0.1) is 35.3 Å². The van der Waals surface area contributed by atoms with Crippen LogP contribution in [0.5, 0.6) is 5.75 Å². The van der Waals surface area contributed by atoms with Crippen LogP contribution < -0.4 is 4.74 Å². The lowest BCUT2D eigenvalue weighted by atomic mass is 9.78. The van der Waals surface area contributed by atoms with Crippen LogP contribution in [0.3, 0.4) is 0 Å². The summed E-state index contributed by atoms with van der Waals surface area (Å²) < 4.78 is 70.4. The first-order valence-corrected chi connectivity index (χ1v) is 12.4. The maximum absolute atomic E-state index is 15.1. The SMILES string of the molecule is CCC1CCC(CCc2ccc3c(F)c(C#Cc4ccc(OCC(F)(F)F)c(F)c4)ccc3c2)CC1. The number of alkyl halides is 3. The van der Waals surface area contributed by atoms with Crippen LogP contribution >= 0.6 is 0 Å². The smallest absolute Gasteiger partial charge is 0.422 e. The van der Waals surface area contributed by atoms with E-state index in [2.05, 4.69) is 23.5 Å². The molecular formula is C30H29F5O. The number of benzene rings is 3. The molecule has 1 fully saturated rings. The highest BCUT2D eigenvalue weighted by Gasteiger charge is 2.29. The van der Waals surface area contributed by atoms with Crippen LogP contribution in [0.2, 0.25) is 0 Å². The highest BCUT2D eigenvalue weighted by atomic mass is 19.4. The topological polar surface area (TPSA) is 9.23 Å². The molecule has 1 aliphatic carbocycles. The quantitative estimate of drug-likeness (QED) is 0.243. The summed E-state index contributed by atoms with van der Waals surface area (Å²) >= 11 is 0. The van der Waals surface area contributed by atoms with Crippen molar-refractivity contribution in [2.45, 2.75) is 58.0 Å². The van der Waals surface area contributed by atoms with E-state index < -0.39 is 30.2 Å². The van der Waals surface area contributed by atoms with Gasteiger partial charge in [-0.2, -0.15) is 13.2 Å². The molecule has 6 heteroatoms. The van der Waals surface area contributed by atoms with Gasteiger partial charge in [-0.05, 0) is 59.9 Å². The molecule has 3 aromatic rings. The average Bonchev–Trinajstić information content (AvgIpc) is 2.86. The van der Waals surface area contributed by atoms with E-state index in [-0.39, 0.29) is 11.1 Å². The van der Waals surface area contributed by atoms with Crippen molar-refractivity contribution < 1.29 is 26.7 Å². The van der Waals surface area contributed by atoms with E-state index in [1.54, 1.807) is 12.1 Å². The van der Waals surface area contributed by atoms with E-state index in [4.69, 9.17) is 0 Å². The summed E-state index contributed by atoms with van der Waals surface area (Å²) in [6.45, 7) is 0.687. The Kier molecular flexibility index (Phi) is 8.18. The van der Waals surface area contributed by atoms with Gasteiger partial charge in [0, 0.05) is 10.9 Å². The molecule has 0 aliphatic heterocycles. The maximum Gasteiger partial charge on any atom is 0.422 e. The summed E-state index contributed by atoms with van der Waals surface area (Å²) in [5, 5.41) is 1.28. The molecule has 3 aromatic carbocycles. The molecule has 36 heavy (non-hydrogen) atoms. The molecule has 190 valence electrons. The minimum Gasteiger partial charge on any atom is -0.481 e. The number of aryl methyl sites for hydroxylation is 1.